The number of methoxy groups -OCH3 is 1. The fourth-order valence-electron chi connectivity index (χ4n) is 2.77. The number of thiazole rings is 1. The van der Waals surface area contributed by atoms with E-state index in [2.05, 4.69) is 41.5 Å². The van der Waals surface area contributed by atoms with Gasteiger partial charge in [-0.3, -0.25) is 4.79 Å². The maximum Gasteiger partial charge on any atom is 0.230 e. The first-order valence-corrected chi connectivity index (χ1v) is 9.45. The molecule has 5 heteroatoms. The van der Waals surface area contributed by atoms with Crippen molar-refractivity contribution in [2.45, 2.75) is 26.7 Å². The van der Waals surface area contributed by atoms with Crippen molar-refractivity contribution in [3.63, 3.8) is 0 Å². The van der Waals surface area contributed by atoms with E-state index in [0.29, 0.717) is 11.6 Å². The fraction of sp³-hybridized carbons (Fsp3) is 0.238. The van der Waals surface area contributed by atoms with Gasteiger partial charge in [0.2, 0.25) is 5.91 Å². The number of anilines is 1. The summed E-state index contributed by atoms with van der Waals surface area (Å²) in [4.78, 5) is 16.8. The Hall–Kier alpha value is -2.66. The summed E-state index contributed by atoms with van der Waals surface area (Å²) in [6.45, 7) is 4.10. The maximum absolute atomic E-state index is 12.3. The molecule has 0 aliphatic carbocycles. The van der Waals surface area contributed by atoms with Gasteiger partial charge < -0.3 is 10.1 Å². The van der Waals surface area contributed by atoms with Crippen molar-refractivity contribution < 1.29 is 9.53 Å². The lowest BCUT2D eigenvalue weighted by Crippen LogP contribution is -2.14. The van der Waals surface area contributed by atoms with Gasteiger partial charge in [0, 0.05) is 10.9 Å². The third-order valence-electron chi connectivity index (χ3n) is 4.23. The molecule has 4 nitrogen and oxygen atoms in total. The number of benzene rings is 2. The van der Waals surface area contributed by atoms with E-state index in [1.807, 2.05) is 30.5 Å². The van der Waals surface area contributed by atoms with Gasteiger partial charge in [-0.25, -0.2) is 4.98 Å². The lowest BCUT2D eigenvalue weighted by Gasteiger charge is -2.07. The van der Waals surface area contributed by atoms with E-state index in [0.717, 1.165) is 34.6 Å². The molecule has 1 heterocycles. The molecule has 0 atom stereocenters. The quantitative estimate of drug-likeness (QED) is 0.677. The van der Waals surface area contributed by atoms with Crippen LogP contribution in [0, 0.1) is 6.92 Å². The zero-order valence-electron chi connectivity index (χ0n) is 15.2. The number of hydrogen-bond donors (Lipinski definition) is 1. The molecule has 2 aromatic carbocycles. The molecule has 1 aromatic heterocycles. The average molecular weight is 366 g/mol. The minimum Gasteiger partial charge on any atom is -0.496 e. The molecule has 0 unspecified atom stereocenters. The van der Waals surface area contributed by atoms with Crippen molar-refractivity contribution in [1.82, 2.24) is 4.98 Å². The zero-order chi connectivity index (χ0) is 18.5. The third kappa shape index (κ3) is 4.29. The smallest absolute Gasteiger partial charge is 0.230 e. The van der Waals surface area contributed by atoms with Crippen LogP contribution in [-0.4, -0.2) is 18.0 Å². The standard InChI is InChI=1S/C21H22N2O2S/c1-4-15-5-8-17(9-6-15)18-13-26-21(22-18)23-20(24)12-16-7-10-19(25-3)14(2)11-16/h5-11,13H,4,12H2,1-3H3,(H,22,23,24). The normalized spacial score (nSPS) is 10.6. The highest BCUT2D eigenvalue weighted by Gasteiger charge is 2.10. The van der Waals surface area contributed by atoms with Crippen molar-refractivity contribution in [3.05, 3.63) is 64.5 Å². The molecule has 0 radical (unpaired) electrons. The topological polar surface area (TPSA) is 51.2 Å². The molecule has 134 valence electrons. The maximum atomic E-state index is 12.3. The minimum absolute atomic E-state index is 0.0724. The van der Waals surface area contributed by atoms with E-state index in [4.69, 9.17) is 4.74 Å². The van der Waals surface area contributed by atoms with Crippen molar-refractivity contribution in [2.24, 2.45) is 0 Å². The molecule has 26 heavy (non-hydrogen) atoms. The van der Waals surface area contributed by atoms with E-state index in [1.165, 1.54) is 16.9 Å². The second kappa shape index (κ2) is 8.15. The summed E-state index contributed by atoms with van der Waals surface area (Å²) in [5.41, 5.74) is 5.21. The van der Waals surface area contributed by atoms with Crippen molar-refractivity contribution in [2.75, 3.05) is 12.4 Å². The highest BCUT2D eigenvalue weighted by atomic mass is 32.1. The van der Waals surface area contributed by atoms with Crippen LogP contribution in [0.15, 0.2) is 47.8 Å². The molecule has 3 rings (SSSR count). The van der Waals surface area contributed by atoms with Crippen LogP contribution in [-0.2, 0) is 17.6 Å². The number of nitrogens with zero attached hydrogens (tertiary/aromatic N) is 1. The summed E-state index contributed by atoms with van der Waals surface area (Å²) < 4.78 is 5.25. The molecular formula is C21H22N2O2S. The fourth-order valence-corrected chi connectivity index (χ4v) is 3.51. The molecular weight excluding hydrogens is 344 g/mol. The number of carbonyl (C=O) groups is 1. The Labute approximate surface area is 157 Å². The molecule has 1 N–H and O–H groups in total. The molecule has 1 amide bonds. The summed E-state index contributed by atoms with van der Waals surface area (Å²) >= 11 is 1.44. The van der Waals surface area contributed by atoms with Crippen LogP contribution < -0.4 is 10.1 Å². The molecule has 0 saturated heterocycles. The van der Waals surface area contributed by atoms with Gasteiger partial charge in [-0.1, -0.05) is 43.3 Å². The van der Waals surface area contributed by atoms with E-state index < -0.39 is 0 Å². The summed E-state index contributed by atoms with van der Waals surface area (Å²) in [7, 11) is 1.64. The largest absolute Gasteiger partial charge is 0.496 e. The van der Waals surface area contributed by atoms with Crippen LogP contribution in [0.25, 0.3) is 11.3 Å². The van der Waals surface area contributed by atoms with Crippen LogP contribution in [0.2, 0.25) is 0 Å². The van der Waals surface area contributed by atoms with Gasteiger partial charge in [-0.2, -0.15) is 0 Å². The second-order valence-electron chi connectivity index (χ2n) is 6.12. The number of nitrogens with one attached hydrogen (secondary N) is 1. The van der Waals surface area contributed by atoms with Crippen LogP contribution in [0.4, 0.5) is 5.13 Å². The van der Waals surface area contributed by atoms with Gasteiger partial charge in [0.25, 0.3) is 0 Å². The molecule has 3 aromatic rings. The molecule has 0 saturated carbocycles. The lowest BCUT2D eigenvalue weighted by atomic mass is 10.1. The van der Waals surface area contributed by atoms with Gasteiger partial charge in [0.1, 0.15) is 5.75 Å². The Morgan fingerprint density at radius 1 is 1.15 bits per heavy atom. The van der Waals surface area contributed by atoms with Crippen LogP contribution in [0.3, 0.4) is 0 Å². The summed E-state index contributed by atoms with van der Waals surface area (Å²) in [6, 6.07) is 14.1. The van der Waals surface area contributed by atoms with Crippen molar-refractivity contribution in [3.8, 4) is 17.0 Å². The van der Waals surface area contributed by atoms with Gasteiger partial charge in [-0.05, 0) is 36.1 Å². The van der Waals surface area contributed by atoms with Crippen molar-refractivity contribution in [1.29, 1.82) is 0 Å². The van der Waals surface area contributed by atoms with E-state index >= 15 is 0 Å². The van der Waals surface area contributed by atoms with E-state index in [-0.39, 0.29) is 5.91 Å². The SMILES string of the molecule is CCc1ccc(-c2csc(NC(=O)Cc3ccc(OC)c(C)c3)n2)cc1. The first-order valence-electron chi connectivity index (χ1n) is 8.57. The summed E-state index contributed by atoms with van der Waals surface area (Å²) in [5.74, 6) is 0.754. The Bertz CT molecular complexity index is 901. The first-order chi connectivity index (χ1) is 12.6. The average Bonchev–Trinajstić information content (AvgIpc) is 3.10. The van der Waals surface area contributed by atoms with E-state index in [9.17, 15) is 4.79 Å². The number of rotatable bonds is 6. The number of aromatic nitrogens is 1. The van der Waals surface area contributed by atoms with Gasteiger partial charge in [0.15, 0.2) is 5.13 Å². The predicted octanol–water partition coefficient (Wildman–Crippen LogP) is 4.87. The number of carbonyl (C=O) groups excluding carboxylic acids is 1. The highest BCUT2D eigenvalue weighted by Crippen LogP contribution is 2.25. The molecule has 0 aliphatic heterocycles. The molecule has 0 aliphatic rings. The highest BCUT2D eigenvalue weighted by molar-refractivity contribution is 7.14. The number of ether oxygens (including phenoxy) is 1. The lowest BCUT2D eigenvalue weighted by molar-refractivity contribution is -0.115. The van der Waals surface area contributed by atoms with Gasteiger partial charge in [-0.15, -0.1) is 11.3 Å². The Balaban J connectivity index is 1.64. The Kier molecular flexibility index (Phi) is 5.68. The van der Waals surface area contributed by atoms with Gasteiger partial charge >= 0.3 is 0 Å². The van der Waals surface area contributed by atoms with E-state index in [1.54, 1.807) is 7.11 Å². The summed E-state index contributed by atoms with van der Waals surface area (Å²) in [5, 5.41) is 5.47. The van der Waals surface area contributed by atoms with Gasteiger partial charge in [0.05, 0.1) is 19.2 Å². The predicted molar refractivity (Wildman–Crippen MR) is 107 cm³/mol. The zero-order valence-corrected chi connectivity index (χ0v) is 16.0. The Morgan fingerprint density at radius 2 is 1.88 bits per heavy atom. The number of hydrogen-bond acceptors (Lipinski definition) is 4. The van der Waals surface area contributed by atoms with Crippen LogP contribution >= 0.6 is 11.3 Å². The number of amides is 1. The number of aryl methyl sites for hydroxylation is 2. The van der Waals surface area contributed by atoms with Crippen LogP contribution in [0.5, 0.6) is 5.75 Å². The Morgan fingerprint density at radius 3 is 2.54 bits per heavy atom. The van der Waals surface area contributed by atoms with Crippen molar-refractivity contribution >= 4 is 22.4 Å². The molecule has 0 bridgehead atoms. The second-order valence-corrected chi connectivity index (χ2v) is 6.98. The molecule has 0 spiro atoms. The monoisotopic (exact) mass is 366 g/mol. The molecule has 0 fully saturated rings. The third-order valence-corrected chi connectivity index (χ3v) is 4.99. The minimum atomic E-state index is -0.0724. The van der Waals surface area contributed by atoms with Crippen LogP contribution in [0.1, 0.15) is 23.6 Å². The first kappa shape index (κ1) is 18.1. The summed E-state index contributed by atoms with van der Waals surface area (Å²) in [6.07, 6.45) is 1.33.